The van der Waals surface area contributed by atoms with Crippen LogP contribution >= 0.6 is 0 Å². The lowest BCUT2D eigenvalue weighted by atomic mass is 10.2. The van der Waals surface area contributed by atoms with Crippen LogP contribution in [0.25, 0.3) is 0 Å². The highest BCUT2D eigenvalue weighted by Crippen LogP contribution is 2.16. The van der Waals surface area contributed by atoms with Crippen molar-refractivity contribution in [3.8, 4) is 6.07 Å². The maximum Gasteiger partial charge on any atom is 0.253 e. The number of hydrogen-bond donors (Lipinski definition) is 3. The molecule has 1 aromatic rings. The van der Waals surface area contributed by atoms with Crippen molar-refractivity contribution >= 4 is 23.1 Å². The number of benzene rings is 1. The van der Waals surface area contributed by atoms with Crippen LogP contribution in [0.5, 0.6) is 0 Å². The summed E-state index contributed by atoms with van der Waals surface area (Å²) in [6.07, 6.45) is 2.08. The molecule has 0 radical (unpaired) electrons. The Bertz CT molecular complexity index is 625. The second-order valence-corrected chi connectivity index (χ2v) is 4.68. The van der Waals surface area contributed by atoms with Gasteiger partial charge in [-0.1, -0.05) is 6.07 Å². The molecule has 2 rings (SSSR count). The van der Waals surface area contributed by atoms with Crippen LogP contribution in [0.2, 0.25) is 0 Å². The lowest BCUT2D eigenvalue weighted by Gasteiger charge is -2.15. The van der Waals surface area contributed by atoms with E-state index in [1.54, 1.807) is 30.3 Å². The fourth-order valence-electron chi connectivity index (χ4n) is 2.09. The van der Waals surface area contributed by atoms with Crippen molar-refractivity contribution in [2.75, 3.05) is 18.5 Å². The number of nitrogens with one attached hydrogen (secondary N) is 2. The van der Waals surface area contributed by atoms with E-state index >= 15 is 0 Å². The molecule has 1 aromatic carbocycles. The number of nitriles is 1. The molecule has 0 bridgehead atoms. The Hall–Kier alpha value is -2.88. The van der Waals surface area contributed by atoms with Gasteiger partial charge in [0.25, 0.3) is 5.91 Å². The fourth-order valence-corrected chi connectivity index (χ4v) is 2.09. The highest BCUT2D eigenvalue weighted by Gasteiger charge is 2.19. The van der Waals surface area contributed by atoms with Gasteiger partial charge in [-0.05, 0) is 31.0 Å². The summed E-state index contributed by atoms with van der Waals surface area (Å²) in [6.45, 7) is 1.58. The van der Waals surface area contributed by atoms with Crippen molar-refractivity contribution in [3.63, 3.8) is 0 Å². The third-order valence-corrected chi connectivity index (χ3v) is 3.16. The maximum atomic E-state index is 12.3. The Morgan fingerprint density at radius 3 is 2.76 bits per heavy atom. The van der Waals surface area contributed by atoms with Gasteiger partial charge in [-0.2, -0.15) is 10.4 Å². The zero-order valence-electron chi connectivity index (χ0n) is 11.5. The summed E-state index contributed by atoms with van der Waals surface area (Å²) in [6, 6.07) is 8.58. The van der Waals surface area contributed by atoms with Gasteiger partial charge >= 0.3 is 0 Å². The molecular formula is C14H16N6O. The number of amidine groups is 1. The zero-order valence-corrected chi connectivity index (χ0v) is 11.5. The molecule has 0 aliphatic carbocycles. The summed E-state index contributed by atoms with van der Waals surface area (Å²) in [7, 11) is 0. The number of anilines is 1. The topological polar surface area (TPSA) is 118 Å². The number of rotatable bonds is 4. The third-order valence-electron chi connectivity index (χ3n) is 3.16. The second kappa shape index (κ2) is 6.52. The predicted octanol–water partition coefficient (Wildman–Crippen LogP) is 1.15. The second-order valence-electron chi connectivity index (χ2n) is 4.68. The van der Waals surface area contributed by atoms with Crippen molar-refractivity contribution in [2.45, 2.75) is 12.8 Å². The van der Waals surface area contributed by atoms with Crippen LogP contribution in [0.4, 0.5) is 5.69 Å². The molecule has 108 valence electrons. The molecule has 7 nitrogen and oxygen atoms in total. The van der Waals surface area contributed by atoms with E-state index in [1.807, 2.05) is 4.90 Å². The monoisotopic (exact) mass is 284 g/mol. The minimum atomic E-state index is -0.408. The highest BCUT2D eigenvalue weighted by atomic mass is 16.2. The summed E-state index contributed by atoms with van der Waals surface area (Å²) >= 11 is 0. The van der Waals surface area contributed by atoms with Crippen molar-refractivity contribution < 1.29 is 4.79 Å². The number of likely N-dealkylation sites (tertiary alicyclic amines) is 1. The zero-order chi connectivity index (χ0) is 15.2. The van der Waals surface area contributed by atoms with Crippen LogP contribution in [0, 0.1) is 16.7 Å². The summed E-state index contributed by atoms with van der Waals surface area (Å²) < 4.78 is 0. The molecule has 1 fully saturated rings. The maximum absolute atomic E-state index is 12.3. The van der Waals surface area contributed by atoms with Crippen LogP contribution < -0.4 is 11.2 Å². The van der Waals surface area contributed by atoms with Gasteiger partial charge < -0.3 is 10.6 Å². The molecular weight excluding hydrogens is 268 g/mol. The molecule has 1 heterocycles. The molecule has 0 unspecified atom stereocenters. The van der Waals surface area contributed by atoms with Crippen LogP contribution in [0.15, 0.2) is 29.4 Å². The van der Waals surface area contributed by atoms with Crippen molar-refractivity contribution in [1.82, 2.24) is 4.90 Å². The van der Waals surface area contributed by atoms with Crippen molar-refractivity contribution in [2.24, 2.45) is 10.8 Å². The molecule has 7 heteroatoms. The first kappa shape index (κ1) is 14.5. The van der Waals surface area contributed by atoms with E-state index in [0.717, 1.165) is 25.9 Å². The van der Waals surface area contributed by atoms with Gasteiger partial charge in [0.15, 0.2) is 5.84 Å². The van der Waals surface area contributed by atoms with Crippen molar-refractivity contribution in [3.05, 3.63) is 29.8 Å². The van der Waals surface area contributed by atoms with Gasteiger partial charge in [-0.25, -0.2) is 0 Å². The average molecular weight is 284 g/mol. The van der Waals surface area contributed by atoms with Gasteiger partial charge in [-0.3, -0.25) is 15.6 Å². The number of nitrogens with two attached hydrogens (primary N) is 1. The summed E-state index contributed by atoms with van der Waals surface area (Å²) in [5.41, 5.74) is 8.77. The Morgan fingerprint density at radius 1 is 1.43 bits per heavy atom. The Labute approximate surface area is 122 Å². The molecule has 0 saturated carbocycles. The molecule has 1 aliphatic rings. The number of nitrogens with zero attached hydrogens (tertiary/aromatic N) is 3. The average Bonchev–Trinajstić information content (AvgIpc) is 3.01. The van der Waals surface area contributed by atoms with Gasteiger partial charge in [0.2, 0.25) is 5.71 Å². The number of hydrogen-bond acceptors (Lipinski definition) is 5. The third kappa shape index (κ3) is 3.57. The van der Waals surface area contributed by atoms with Crippen LogP contribution in [-0.2, 0) is 0 Å². The van der Waals surface area contributed by atoms with Gasteiger partial charge in [0.05, 0.1) is 5.69 Å². The molecule has 1 aliphatic heterocycles. The lowest BCUT2D eigenvalue weighted by Crippen LogP contribution is -2.27. The standard InChI is InChI=1S/C14H16N6O/c15-9-12(13(16)17)19-18-11-5-3-4-10(8-11)14(21)20-6-1-2-7-20/h3-5,8,18H,1-2,6-7H2,(H3,16,17)/b19-12+. The highest BCUT2D eigenvalue weighted by molar-refractivity contribution is 6.45. The first-order valence-corrected chi connectivity index (χ1v) is 6.59. The lowest BCUT2D eigenvalue weighted by molar-refractivity contribution is 0.0793. The number of hydrazone groups is 1. The van der Waals surface area contributed by atoms with E-state index in [-0.39, 0.29) is 11.6 Å². The minimum absolute atomic E-state index is 0.00722. The van der Waals surface area contributed by atoms with E-state index in [4.69, 9.17) is 16.4 Å². The summed E-state index contributed by atoms with van der Waals surface area (Å²) in [5.74, 6) is -0.415. The normalized spacial score (nSPS) is 14.6. The molecule has 0 aromatic heterocycles. The van der Waals surface area contributed by atoms with E-state index in [1.165, 1.54) is 0 Å². The van der Waals surface area contributed by atoms with Crippen LogP contribution in [-0.4, -0.2) is 35.4 Å². The quantitative estimate of drug-likeness (QED) is 0.436. The Morgan fingerprint density at radius 2 is 2.14 bits per heavy atom. The molecule has 1 saturated heterocycles. The largest absolute Gasteiger partial charge is 0.382 e. The predicted molar refractivity (Wildman–Crippen MR) is 80.2 cm³/mol. The number of amides is 1. The van der Waals surface area contributed by atoms with Gasteiger partial charge in [0, 0.05) is 18.7 Å². The van der Waals surface area contributed by atoms with E-state index in [2.05, 4.69) is 10.5 Å². The van der Waals surface area contributed by atoms with Gasteiger partial charge in [-0.15, -0.1) is 0 Å². The number of carbonyl (C=O) groups is 1. The molecule has 0 spiro atoms. The molecule has 0 atom stereocenters. The first-order valence-electron chi connectivity index (χ1n) is 6.59. The van der Waals surface area contributed by atoms with E-state index in [0.29, 0.717) is 11.3 Å². The molecule has 1 amide bonds. The van der Waals surface area contributed by atoms with Crippen LogP contribution in [0.3, 0.4) is 0 Å². The van der Waals surface area contributed by atoms with E-state index < -0.39 is 5.84 Å². The molecule has 4 N–H and O–H groups in total. The SMILES string of the molecule is N#C/C(=N\Nc1cccc(C(=O)N2CCCC2)c1)C(=N)N. The van der Waals surface area contributed by atoms with Crippen LogP contribution in [0.1, 0.15) is 23.2 Å². The number of carbonyl (C=O) groups excluding carboxylic acids is 1. The minimum Gasteiger partial charge on any atom is -0.382 e. The fraction of sp³-hybridized carbons (Fsp3) is 0.286. The summed E-state index contributed by atoms with van der Waals surface area (Å²) in [5, 5.41) is 19.7. The van der Waals surface area contributed by atoms with Crippen molar-refractivity contribution in [1.29, 1.82) is 10.7 Å². The smallest absolute Gasteiger partial charge is 0.253 e. The Kier molecular flexibility index (Phi) is 4.51. The first-order chi connectivity index (χ1) is 10.1. The molecule has 21 heavy (non-hydrogen) atoms. The van der Waals surface area contributed by atoms with E-state index in [9.17, 15) is 4.79 Å². The Balaban J connectivity index is 2.12. The van der Waals surface area contributed by atoms with Gasteiger partial charge in [0.1, 0.15) is 6.07 Å². The summed E-state index contributed by atoms with van der Waals surface area (Å²) in [4.78, 5) is 14.1.